The Labute approximate surface area is 221 Å². The van der Waals surface area contributed by atoms with E-state index in [4.69, 9.17) is 17.3 Å². The Kier molecular flexibility index (Phi) is 19.4. The molecule has 0 spiro atoms. The summed E-state index contributed by atoms with van der Waals surface area (Å²) in [4.78, 5) is 10.9. The zero-order chi connectivity index (χ0) is 25.6. The van der Waals surface area contributed by atoms with E-state index in [2.05, 4.69) is 38.1 Å². The van der Waals surface area contributed by atoms with E-state index in [0.717, 1.165) is 6.42 Å². The van der Waals surface area contributed by atoms with Crippen molar-refractivity contribution in [2.24, 2.45) is 5.73 Å². The van der Waals surface area contributed by atoms with E-state index in [1.807, 2.05) is 24.3 Å². The van der Waals surface area contributed by atoms with Crippen LogP contribution in [-0.4, -0.2) is 5.24 Å². The highest BCUT2D eigenvalue weighted by atomic mass is 35.5. The normalized spacial score (nSPS) is 10.6. The molecule has 2 N–H and O–H groups in total. The molecule has 0 aromatic heterocycles. The number of carbonyl (C=O) groups excluding carboxylic acids is 1. The molecule has 3 heteroatoms. The number of benzene rings is 2. The molecule has 0 aliphatic carbocycles. The number of aryl methyl sites for hydroxylation is 2. The summed E-state index contributed by atoms with van der Waals surface area (Å²) in [6, 6.07) is 16.4. The molecular formula is C32H50ClNO. The SMILES string of the molecule is CCCCCCCCCc1ccc(C(=O)Cl)cc1.CCCCCCCCCc1ccc(CN)cc1. The molecule has 2 aromatic carbocycles. The minimum absolute atomic E-state index is 0.377. The summed E-state index contributed by atoms with van der Waals surface area (Å²) in [6.45, 7) is 5.16. The predicted molar refractivity (Wildman–Crippen MR) is 154 cm³/mol. The van der Waals surface area contributed by atoms with Crippen LogP contribution >= 0.6 is 11.6 Å². The number of hydrogen-bond acceptors (Lipinski definition) is 2. The van der Waals surface area contributed by atoms with E-state index >= 15 is 0 Å². The van der Waals surface area contributed by atoms with Crippen LogP contribution in [0, 0.1) is 0 Å². The van der Waals surface area contributed by atoms with Crippen molar-refractivity contribution >= 4 is 16.8 Å². The summed E-state index contributed by atoms with van der Waals surface area (Å²) < 4.78 is 0. The fourth-order valence-electron chi connectivity index (χ4n) is 4.22. The fourth-order valence-corrected chi connectivity index (χ4v) is 4.34. The third kappa shape index (κ3) is 16.6. The zero-order valence-corrected chi connectivity index (χ0v) is 23.3. The lowest BCUT2D eigenvalue weighted by molar-refractivity contribution is 0.108. The van der Waals surface area contributed by atoms with E-state index in [1.54, 1.807) is 0 Å². The van der Waals surface area contributed by atoms with Gasteiger partial charge in [-0.15, -0.1) is 0 Å². The molecule has 0 fully saturated rings. The average Bonchev–Trinajstić information content (AvgIpc) is 2.88. The van der Waals surface area contributed by atoms with Gasteiger partial charge in [-0.3, -0.25) is 4.79 Å². The second-order valence-corrected chi connectivity index (χ2v) is 10.1. The van der Waals surface area contributed by atoms with Crippen LogP contribution in [0.3, 0.4) is 0 Å². The molecule has 0 aliphatic rings. The predicted octanol–water partition coefficient (Wildman–Crippen LogP) is 9.80. The van der Waals surface area contributed by atoms with Gasteiger partial charge in [-0.1, -0.05) is 127 Å². The van der Waals surface area contributed by atoms with E-state index in [1.165, 1.54) is 113 Å². The van der Waals surface area contributed by atoms with Gasteiger partial charge in [0, 0.05) is 12.1 Å². The molecule has 0 saturated heterocycles. The van der Waals surface area contributed by atoms with E-state index in [-0.39, 0.29) is 5.24 Å². The van der Waals surface area contributed by atoms with Gasteiger partial charge in [0.2, 0.25) is 0 Å². The number of nitrogens with two attached hydrogens (primary N) is 1. The first kappa shape index (κ1) is 31.4. The summed E-state index contributed by atoms with van der Waals surface area (Å²) in [5, 5.41) is -0.377. The number of hydrogen-bond donors (Lipinski definition) is 1. The van der Waals surface area contributed by atoms with Gasteiger partial charge < -0.3 is 5.73 Å². The van der Waals surface area contributed by atoms with Crippen molar-refractivity contribution in [1.29, 1.82) is 0 Å². The Morgan fingerprint density at radius 2 is 0.914 bits per heavy atom. The number of rotatable bonds is 18. The number of halogens is 1. The van der Waals surface area contributed by atoms with Crippen molar-refractivity contribution in [3.05, 3.63) is 70.8 Å². The standard InChI is InChI=1S/C16H23ClO.C16H27N/c1-2-3-4-5-6-7-8-9-14-10-12-15(13-11-14)16(17)18;1-2-3-4-5-6-7-8-9-15-10-12-16(14-17)13-11-15/h10-13H,2-9H2,1H3;10-13H,2-9,14,17H2,1H3. The summed E-state index contributed by atoms with van der Waals surface area (Å²) in [5.74, 6) is 0. The maximum atomic E-state index is 10.9. The Balaban J connectivity index is 0.000000351. The van der Waals surface area contributed by atoms with E-state index < -0.39 is 0 Å². The molecule has 0 amide bonds. The van der Waals surface area contributed by atoms with Gasteiger partial charge in [0.1, 0.15) is 0 Å². The number of carbonyl (C=O) groups is 1. The first-order valence-corrected chi connectivity index (χ1v) is 14.5. The third-order valence-corrected chi connectivity index (χ3v) is 6.80. The summed E-state index contributed by atoms with van der Waals surface area (Å²) in [7, 11) is 0. The molecule has 0 aliphatic heterocycles. The van der Waals surface area contributed by atoms with Crippen molar-refractivity contribution < 1.29 is 4.79 Å². The largest absolute Gasteiger partial charge is 0.326 e. The lowest BCUT2D eigenvalue weighted by Crippen LogP contribution is -1.96. The van der Waals surface area contributed by atoms with Crippen LogP contribution in [-0.2, 0) is 19.4 Å². The maximum absolute atomic E-state index is 10.9. The second kappa shape index (κ2) is 21.6. The first-order chi connectivity index (χ1) is 17.1. The molecule has 0 heterocycles. The lowest BCUT2D eigenvalue weighted by atomic mass is 10.0. The molecule has 0 saturated carbocycles. The Morgan fingerprint density at radius 1 is 0.571 bits per heavy atom. The molecule has 196 valence electrons. The molecule has 0 bridgehead atoms. The monoisotopic (exact) mass is 499 g/mol. The van der Waals surface area contributed by atoms with E-state index in [0.29, 0.717) is 12.1 Å². The average molecular weight is 500 g/mol. The van der Waals surface area contributed by atoms with Gasteiger partial charge in [-0.2, -0.15) is 0 Å². The molecule has 2 rings (SSSR count). The van der Waals surface area contributed by atoms with E-state index in [9.17, 15) is 4.79 Å². The minimum atomic E-state index is -0.377. The van der Waals surface area contributed by atoms with Crippen LogP contribution in [0.1, 0.15) is 131 Å². The molecule has 0 atom stereocenters. The van der Waals surface area contributed by atoms with Gasteiger partial charge >= 0.3 is 0 Å². The lowest BCUT2D eigenvalue weighted by Gasteiger charge is -2.03. The zero-order valence-electron chi connectivity index (χ0n) is 22.5. The quantitative estimate of drug-likeness (QED) is 0.164. The highest BCUT2D eigenvalue weighted by Crippen LogP contribution is 2.13. The van der Waals surface area contributed by atoms with Gasteiger partial charge in [0.15, 0.2) is 0 Å². The van der Waals surface area contributed by atoms with Crippen molar-refractivity contribution in [2.75, 3.05) is 0 Å². The maximum Gasteiger partial charge on any atom is 0.252 e. The third-order valence-electron chi connectivity index (χ3n) is 6.58. The molecule has 0 unspecified atom stereocenters. The van der Waals surface area contributed by atoms with Crippen molar-refractivity contribution in [3.8, 4) is 0 Å². The van der Waals surface area contributed by atoms with Crippen molar-refractivity contribution in [1.82, 2.24) is 0 Å². The molecule has 0 radical (unpaired) electrons. The molecule has 2 nitrogen and oxygen atoms in total. The highest BCUT2D eigenvalue weighted by Gasteiger charge is 2.01. The molecular weight excluding hydrogens is 450 g/mol. The minimum Gasteiger partial charge on any atom is -0.326 e. The summed E-state index contributed by atoms with van der Waals surface area (Å²) >= 11 is 5.40. The first-order valence-electron chi connectivity index (χ1n) is 14.2. The van der Waals surface area contributed by atoms with Gasteiger partial charge in [0.25, 0.3) is 5.24 Å². The Bertz CT molecular complexity index is 754. The van der Waals surface area contributed by atoms with Crippen LogP contribution in [0.15, 0.2) is 48.5 Å². The van der Waals surface area contributed by atoms with Crippen molar-refractivity contribution in [3.63, 3.8) is 0 Å². The summed E-state index contributed by atoms with van der Waals surface area (Å²) in [5.41, 5.74) is 10.1. The van der Waals surface area contributed by atoms with Crippen LogP contribution in [0.5, 0.6) is 0 Å². The fraction of sp³-hybridized carbons (Fsp3) is 0.594. The van der Waals surface area contributed by atoms with Gasteiger partial charge in [0.05, 0.1) is 0 Å². The summed E-state index contributed by atoms with van der Waals surface area (Å²) in [6.07, 6.45) is 21.3. The number of unbranched alkanes of at least 4 members (excludes halogenated alkanes) is 12. The van der Waals surface area contributed by atoms with Crippen LogP contribution in [0.25, 0.3) is 0 Å². The Morgan fingerprint density at radius 3 is 1.29 bits per heavy atom. The smallest absolute Gasteiger partial charge is 0.252 e. The Hall–Kier alpha value is -1.64. The highest BCUT2D eigenvalue weighted by molar-refractivity contribution is 6.67. The van der Waals surface area contributed by atoms with Crippen LogP contribution < -0.4 is 5.73 Å². The van der Waals surface area contributed by atoms with Crippen molar-refractivity contribution in [2.45, 2.75) is 123 Å². The van der Waals surface area contributed by atoms with Gasteiger partial charge in [-0.25, -0.2) is 0 Å². The van der Waals surface area contributed by atoms with Crippen LogP contribution in [0.2, 0.25) is 0 Å². The van der Waals surface area contributed by atoms with Crippen LogP contribution in [0.4, 0.5) is 0 Å². The molecule has 35 heavy (non-hydrogen) atoms. The van der Waals surface area contributed by atoms with Gasteiger partial charge in [-0.05, 0) is 66.1 Å². The second-order valence-electron chi connectivity index (χ2n) is 9.73. The molecule has 2 aromatic rings. The topological polar surface area (TPSA) is 43.1 Å².